The van der Waals surface area contributed by atoms with Crippen molar-refractivity contribution >= 4 is 11.7 Å². The van der Waals surface area contributed by atoms with Crippen LogP contribution < -0.4 is 11.1 Å². The number of benzene rings is 2. The van der Waals surface area contributed by atoms with E-state index in [1.54, 1.807) is 24.3 Å². The number of aliphatic hydroxyl groups is 1. The number of aliphatic hydroxyl groups excluding tert-OH is 1. The minimum atomic E-state index is -0.894. The number of hydrogen-bond donors (Lipinski definition) is 3. The number of Topliss-reactive ketones (excluding diaryl/α,β-unsaturated/α-hetero) is 1. The van der Waals surface area contributed by atoms with Gasteiger partial charge >= 0.3 is 0 Å². The van der Waals surface area contributed by atoms with Gasteiger partial charge in [-0.25, -0.2) is 0 Å². The molecule has 1 saturated heterocycles. The molecule has 1 aliphatic rings. The fraction of sp³-hybridized carbons (Fsp3) is 0.385. The molecule has 0 aliphatic carbocycles. The van der Waals surface area contributed by atoms with Gasteiger partial charge in [-0.1, -0.05) is 36.8 Å². The number of carbonyl (C=O) groups excluding carboxylic acids is 2. The molecule has 1 heterocycles. The predicted octanol–water partition coefficient (Wildman–Crippen LogP) is 2.08. The van der Waals surface area contributed by atoms with Gasteiger partial charge < -0.3 is 16.2 Å². The lowest BCUT2D eigenvalue weighted by Crippen LogP contribution is -2.46. The average Bonchev–Trinajstić information content (AvgIpc) is 3.10. The van der Waals surface area contributed by atoms with Crippen molar-refractivity contribution < 1.29 is 14.7 Å². The second-order valence-electron chi connectivity index (χ2n) is 8.10. The fourth-order valence-electron chi connectivity index (χ4n) is 3.72. The summed E-state index contributed by atoms with van der Waals surface area (Å²) in [5.41, 5.74) is 8.93. The summed E-state index contributed by atoms with van der Waals surface area (Å²) in [7, 11) is 0. The molecule has 1 fully saturated rings. The van der Waals surface area contributed by atoms with Gasteiger partial charge in [-0.2, -0.15) is 0 Å². The van der Waals surface area contributed by atoms with Crippen LogP contribution in [0.1, 0.15) is 52.7 Å². The van der Waals surface area contributed by atoms with E-state index in [1.807, 2.05) is 12.1 Å². The minimum Gasteiger partial charge on any atom is -0.388 e. The van der Waals surface area contributed by atoms with Gasteiger partial charge in [0.05, 0.1) is 0 Å². The first-order chi connectivity index (χ1) is 15.6. The molecule has 168 valence electrons. The van der Waals surface area contributed by atoms with Gasteiger partial charge in [-0.05, 0) is 67.9 Å². The van der Waals surface area contributed by atoms with E-state index in [0.717, 1.165) is 17.7 Å². The van der Waals surface area contributed by atoms with Crippen LogP contribution in [0.2, 0.25) is 0 Å². The van der Waals surface area contributed by atoms with Crippen LogP contribution >= 0.6 is 0 Å². The highest BCUT2D eigenvalue weighted by Crippen LogP contribution is 2.14. The van der Waals surface area contributed by atoms with Crippen molar-refractivity contribution in [2.45, 2.75) is 38.3 Å². The Balaban J connectivity index is 1.57. The summed E-state index contributed by atoms with van der Waals surface area (Å²) in [6.07, 6.45) is 5.26. The molecule has 0 bridgehead atoms. The molecule has 0 saturated carbocycles. The van der Waals surface area contributed by atoms with Gasteiger partial charge in [-0.15, -0.1) is 0 Å². The van der Waals surface area contributed by atoms with Crippen LogP contribution in [0.15, 0.2) is 48.5 Å². The first-order valence-corrected chi connectivity index (χ1v) is 11.2. The summed E-state index contributed by atoms with van der Waals surface area (Å²) in [5, 5.41) is 11.5. The molecule has 4 N–H and O–H groups in total. The molecule has 1 amide bonds. The summed E-state index contributed by atoms with van der Waals surface area (Å²) in [6.45, 7) is 2.63. The van der Waals surface area contributed by atoms with E-state index in [0.29, 0.717) is 5.56 Å². The molecule has 0 radical (unpaired) electrons. The van der Waals surface area contributed by atoms with Gasteiger partial charge in [0.25, 0.3) is 5.91 Å². The van der Waals surface area contributed by atoms with Crippen molar-refractivity contribution in [2.24, 2.45) is 5.73 Å². The zero-order valence-corrected chi connectivity index (χ0v) is 18.3. The Kier molecular flexibility index (Phi) is 9.00. The number of hydrogen-bond acceptors (Lipinski definition) is 5. The third-order valence-corrected chi connectivity index (χ3v) is 5.64. The molecule has 3 rings (SSSR count). The molecule has 2 aromatic carbocycles. The Labute approximate surface area is 189 Å². The number of nitrogens with one attached hydrogen (secondary N) is 1. The number of nitrogens with zero attached hydrogens (tertiary/aromatic N) is 1. The van der Waals surface area contributed by atoms with Crippen molar-refractivity contribution in [3.63, 3.8) is 0 Å². The smallest absolute Gasteiger partial charge is 0.251 e. The maximum Gasteiger partial charge on any atom is 0.251 e. The molecule has 6 heteroatoms. The van der Waals surface area contributed by atoms with Crippen LogP contribution in [0.4, 0.5) is 0 Å². The lowest BCUT2D eigenvalue weighted by Gasteiger charge is -2.19. The van der Waals surface area contributed by atoms with Crippen molar-refractivity contribution in [3.8, 4) is 11.8 Å². The Morgan fingerprint density at radius 3 is 2.03 bits per heavy atom. The average molecular weight is 434 g/mol. The van der Waals surface area contributed by atoms with Crippen molar-refractivity contribution in [1.29, 1.82) is 0 Å². The van der Waals surface area contributed by atoms with Crippen LogP contribution in [0.5, 0.6) is 0 Å². The second kappa shape index (κ2) is 12.2. The first kappa shape index (κ1) is 23.7. The molecule has 2 aromatic rings. The summed E-state index contributed by atoms with van der Waals surface area (Å²) >= 11 is 0. The van der Waals surface area contributed by atoms with E-state index in [9.17, 15) is 9.59 Å². The zero-order chi connectivity index (χ0) is 22.8. The van der Waals surface area contributed by atoms with Gasteiger partial charge in [0.2, 0.25) is 0 Å². The molecule has 1 atom stereocenters. The van der Waals surface area contributed by atoms with E-state index in [1.165, 1.54) is 44.3 Å². The fourth-order valence-corrected chi connectivity index (χ4v) is 3.72. The lowest BCUT2D eigenvalue weighted by atomic mass is 10.1. The topological polar surface area (TPSA) is 95.7 Å². The SMILES string of the molecule is NC[C@H](NC(=O)c1ccc(C#Cc2ccc(CN3CCCCCC3)cc2)cc1)C(=O)CO. The van der Waals surface area contributed by atoms with E-state index in [-0.39, 0.29) is 6.54 Å². The van der Waals surface area contributed by atoms with Gasteiger partial charge in [0.1, 0.15) is 12.6 Å². The number of likely N-dealkylation sites (tertiary alicyclic amines) is 1. The highest BCUT2D eigenvalue weighted by molar-refractivity contribution is 5.98. The Hall–Kier alpha value is -2.98. The largest absolute Gasteiger partial charge is 0.388 e. The zero-order valence-electron chi connectivity index (χ0n) is 18.3. The maximum absolute atomic E-state index is 12.3. The molecular formula is C26H31N3O3. The predicted molar refractivity (Wildman–Crippen MR) is 125 cm³/mol. The van der Waals surface area contributed by atoms with Gasteiger partial charge in [0.15, 0.2) is 5.78 Å². The molecule has 1 aliphatic heterocycles. The summed E-state index contributed by atoms with van der Waals surface area (Å²) in [5.74, 6) is 5.35. The number of amides is 1. The van der Waals surface area contributed by atoms with E-state index in [2.05, 4.69) is 34.2 Å². The normalized spacial score (nSPS) is 15.2. The molecular weight excluding hydrogens is 402 g/mol. The Bertz CT molecular complexity index is 951. The van der Waals surface area contributed by atoms with Crippen molar-refractivity contribution in [2.75, 3.05) is 26.2 Å². The van der Waals surface area contributed by atoms with E-state index < -0.39 is 24.3 Å². The van der Waals surface area contributed by atoms with Crippen LogP contribution in [0.3, 0.4) is 0 Å². The third-order valence-electron chi connectivity index (χ3n) is 5.64. The Morgan fingerprint density at radius 2 is 1.50 bits per heavy atom. The number of nitrogens with two attached hydrogens (primary N) is 1. The first-order valence-electron chi connectivity index (χ1n) is 11.2. The van der Waals surface area contributed by atoms with Crippen LogP contribution in [-0.2, 0) is 11.3 Å². The van der Waals surface area contributed by atoms with E-state index >= 15 is 0 Å². The maximum atomic E-state index is 12.3. The number of rotatable bonds is 7. The molecule has 0 spiro atoms. The Morgan fingerprint density at radius 1 is 0.938 bits per heavy atom. The van der Waals surface area contributed by atoms with Crippen molar-refractivity contribution in [3.05, 3.63) is 70.8 Å². The summed E-state index contributed by atoms with van der Waals surface area (Å²) in [6, 6.07) is 14.3. The quantitative estimate of drug-likeness (QED) is 0.581. The van der Waals surface area contributed by atoms with Crippen molar-refractivity contribution in [1.82, 2.24) is 10.2 Å². The number of carbonyl (C=O) groups is 2. The second-order valence-corrected chi connectivity index (χ2v) is 8.10. The standard InChI is InChI=1S/C26H31N3O3/c27-17-24(25(31)19-30)28-26(32)23-13-11-21(12-14-23)6-5-20-7-9-22(10-8-20)18-29-15-3-1-2-4-16-29/h7-14,24,30H,1-4,15-19,27H2,(H,28,32)/t24-/m0/s1. The minimum absolute atomic E-state index is 0.0640. The summed E-state index contributed by atoms with van der Waals surface area (Å²) < 4.78 is 0. The van der Waals surface area contributed by atoms with Crippen LogP contribution in [0, 0.1) is 11.8 Å². The highest BCUT2D eigenvalue weighted by atomic mass is 16.3. The highest BCUT2D eigenvalue weighted by Gasteiger charge is 2.18. The monoisotopic (exact) mass is 433 g/mol. The van der Waals surface area contributed by atoms with E-state index in [4.69, 9.17) is 10.8 Å². The third kappa shape index (κ3) is 7.03. The molecule has 6 nitrogen and oxygen atoms in total. The van der Waals surface area contributed by atoms with Gasteiger partial charge in [0, 0.05) is 29.8 Å². The molecule has 32 heavy (non-hydrogen) atoms. The van der Waals surface area contributed by atoms with Gasteiger partial charge in [-0.3, -0.25) is 14.5 Å². The summed E-state index contributed by atoms with van der Waals surface area (Å²) in [4.78, 5) is 26.4. The molecule has 0 aromatic heterocycles. The van der Waals surface area contributed by atoms with Crippen LogP contribution in [0.25, 0.3) is 0 Å². The van der Waals surface area contributed by atoms with Crippen LogP contribution in [-0.4, -0.2) is 54.0 Å². The lowest BCUT2D eigenvalue weighted by molar-refractivity contribution is -0.123. The number of ketones is 1. The molecule has 0 unspecified atom stereocenters.